The molecule has 0 unspecified atom stereocenters. The lowest BCUT2D eigenvalue weighted by atomic mass is 10.0. The first-order chi connectivity index (χ1) is 12.2. The Morgan fingerprint density at radius 3 is 2.72 bits per heavy atom. The van der Waals surface area contributed by atoms with Crippen LogP contribution in [0.1, 0.15) is 18.4 Å². The molecule has 1 aromatic heterocycles. The summed E-state index contributed by atoms with van der Waals surface area (Å²) in [4.78, 5) is 30.6. The number of rotatable bonds is 4. The first-order valence-corrected chi connectivity index (χ1v) is 8.49. The van der Waals surface area contributed by atoms with Crippen molar-refractivity contribution in [2.45, 2.75) is 25.4 Å². The van der Waals surface area contributed by atoms with E-state index in [4.69, 9.17) is 0 Å². The Kier molecular flexibility index (Phi) is 5.74. The third kappa shape index (κ3) is 5.12. The average molecular weight is 338 g/mol. The van der Waals surface area contributed by atoms with Crippen molar-refractivity contribution in [2.75, 3.05) is 18.4 Å². The molecule has 1 aliphatic heterocycles. The monoisotopic (exact) mass is 338 g/mol. The summed E-state index contributed by atoms with van der Waals surface area (Å²) in [6.45, 7) is 2.52. The summed E-state index contributed by atoms with van der Waals surface area (Å²) in [7, 11) is 0. The second kappa shape index (κ2) is 8.39. The minimum absolute atomic E-state index is 0.0144. The largest absolute Gasteiger partial charge is 0.344 e. The number of nitrogens with one attached hydrogen (secondary N) is 2. The van der Waals surface area contributed by atoms with E-state index in [9.17, 15) is 9.59 Å². The van der Waals surface area contributed by atoms with E-state index in [2.05, 4.69) is 20.5 Å². The normalized spacial score (nSPS) is 17.7. The lowest BCUT2D eigenvalue weighted by molar-refractivity contribution is -0.136. The predicted octanol–water partition coefficient (Wildman–Crippen LogP) is 1.80. The molecule has 0 spiro atoms. The Labute approximate surface area is 147 Å². The van der Waals surface area contributed by atoms with E-state index < -0.39 is 11.8 Å². The fraction of sp³-hybridized carbons (Fsp3) is 0.316. The van der Waals surface area contributed by atoms with Gasteiger partial charge in [-0.3, -0.25) is 19.5 Å². The van der Waals surface area contributed by atoms with E-state index >= 15 is 0 Å². The van der Waals surface area contributed by atoms with Crippen molar-refractivity contribution < 1.29 is 9.59 Å². The summed E-state index contributed by atoms with van der Waals surface area (Å²) in [6, 6.07) is 12.9. The maximum Gasteiger partial charge on any atom is 0.313 e. The number of hydrogen-bond acceptors (Lipinski definition) is 4. The van der Waals surface area contributed by atoms with Crippen molar-refractivity contribution in [3.63, 3.8) is 0 Å². The fourth-order valence-electron chi connectivity index (χ4n) is 3.03. The first-order valence-electron chi connectivity index (χ1n) is 8.49. The van der Waals surface area contributed by atoms with Crippen LogP contribution in [0.2, 0.25) is 0 Å². The summed E-state index contributed by atoms with van der Waals surface area (Å²) in [5, 5.41) is 5.46. The number of para-hydroxylation sites is 1. The highest BCUT2D eigenvalue weighted by atomic mass is 16.2. The molecule has 130 valence electrons. The number of hydrogen-bond donors (Lipinski definition) is 2. The molecule has 2 heterocycles. The number of likely N-dealkylation sites (tertiary alicyclic amines) is 1. The van der Waals surface area contributed by atoms with Gasteiger partial charge in [0.15, 0.2) is 0 Å². The topological polar surface area (TPSA) is 74.3 Å². The van der Waals surface area contributed by atoms with Crippen LogP contribution < -0.4 is 10.6 Å². The van der Waals surface area contributed by atoms with Gasteiger partial charge in [0.25, 0.3) is 0 Å². The smallest absolute Gasteiger partial charge is 0.313 e. The molecule has 1 saturated heterocycles. The van der Waals surface area contributed by atoms with E-state index in [-0.39, 0.29) is 6.04 Å². The molecular formula is C19H22N4O2. The van der Waals surface area contributed by atoms with Crippen LogP contribution >= 0.6 is 0 Å². The number of carbonyl (C=O) groups is 2. The third-order valence-electron chi connectivity index (χ3n) is 4.21. The Balaban J connectivity index is 1.50. The summed E-state index contributed by atoms with van der Waals surface area (Å²) in [5.41, 5.74) is 1.76. The number of pyridine rings is 1. The molecule has 2 N–H and O–H groups in total. The van der Waals surface area contributed by atoms with Gasteiger partial charge in [0.05, 0.1) is 0 Å². The van der Waals surface area contributed by atoms with Gasteiger partial charge in [-0.2, -0.15) is 0 Å². The van der Waals surface area contributed by atoms with Crippen molar-refractivity contribution in [2.24, 2.45) is 0 Å². The number of nitrogens with zero attached hydrogens (tertiary/aromatic N) is 2. The standard InChI is InChI=1S/C19H22N4O2/c24-18(21-16-7-2-1-3-8-16)19(25)22-17-9-5-11-23(14-17)13-15-6-4-10-20-12-15/h1-4,6-8,10,12,17H,5,9,11,13-14H2,(H,21,24)(H,22,25)/t17-/m1/s1. The molecule has 2 amide bonds. The van der Waals surface area contributed by atoms with Crippen LogP contribution in [0.3, 0.4) is 0 Å². The summed E-state index contributed by atoms with van der Waals surface area (Å²) in [6.07, 6.45) is 5.49. The zero-order valence-corrected chi connectivity index (χ0v) is 14.0. The van der Waals surface area contributed by atoms with Crippen LogP contribution in [0.15, 0.2) is 54.9 Å². The quantitative estimate of drug-likeness (QED) is 0.834. The number of aromatic nitrogens is 1. The summed E-state index contributed by atoms with van der Waals surface area (Å²) >= 11 is 0. The van der Waals surface area contributed by atoms with Crippen molar-refractivity contribution in [1.29, 1.82) is 0 Å². The molecule has 0 saturated carbocycles. The van der Waals surface area contributed by atoms with Crippen molar-refractivity contribution >= 4 is 17.5 Å². The van der Waals surface area contributed by atoms with Crippen molar-refractivity contribution in [3.8, 4) is 0 Å². The van der Waals surface area contributed by atoms with Gasteiger partial charge in [0, 0.05) is 37.2 Å². The predicted molar refractivity (Wildman–Crippen MR) is 95.8 cm³/mol. The van der Waals surface area contributed by atoms with Crippen LogP contribution in [-0.4, -0.2) is 40.8 Å². The molecule has 6 heteroatoms. The van der Waals surface area contributed by atoms with Gasteiger partial charge < -0.3 is 10.6 Å². The van der Waals surface area contributed by atoms with Crippen molar-refractivity contribution in [3.05, 3.63) is 60.4 Å². The molecule has 0 radical (unpaired) electrons. The van der Waals surface area contributed by atoms with Gasteiger partial charge in [-0.1, -0.05) is 24.3 Å². The second-order valence-electron chi connectivity index (χ2n) is 6.23. The number of piperidine rings is 1. The maximum absolute atomic E-state index is 12.1. The highest BCUT2D eigenvalue weighted by molar-refractivity contribution is 6.39. The second-order valence-corrected chi connectivity index (χ2v) is 6.23. The molecule has 2 aromatic rings. The molecule has 6 nitrogen and oxygen atoms in total. The highest BCUT2D eigenvalue weighted by Crippen LogP contribution is 2.13. The fourth-order valence-corrected chi connectivity index (χ4v) is 3.03. The average Bonchev–Trinajstić information content (AvgIpc) is 2.63. The molecule has 1 fully saturated rings. The lowest BCUT2D eigenvalue weighted by Crippen LogP contribution is -2.50. The molecular weight excluding hydrogens is 316 g/mol. The van der Waals surface area contributed by atoms with Crippen LogP contribution in [0.5, 0.6) is 0 Å². The van der Waals surface area contributed by atoms with Crippen molar-refractivity contribution in [1.82, 2.24) is 15.2 Å². The first kappa shape index (κ1) is 17.1. The maximum atomic E-state index is 12.1. The Morgan fingerprint density at radius 1 is 1.12 bits per heavy atom. The molecule has 1 atom stereocenters. The third-order valence-corrected chi connectivity index (χ3v) is 4.21. The van der Waals surface area contributed by atoms with Gasteiger partial charge in [0.1, 0.15) is 0 Å². The van der Waals surface area contributed by atoms with Gasteiger partial charge in [-0.05, 0) is 43.1 Å². The minimum atomic E-state index is -0.629. The molecule has 0 aliphatic carbocycles. The van der Waals surface area contributed by atoms with E-state index in [0.717, 1.165) is 38.0 Å². The number of benzene rings is 1. The Bertz CT molecular complexity index is 706. The minimum Gasteiger partial charge on any atom is -0.344 e. The van der Waals surface area contributed by atoms with Crippen LogP contribution in [-0.2, 0) is 16.1 Å². The molecule has 3 rings (SSSR count). The summed E-state index contributed by atoms with van der Waals surface area (Å²) < 4.78 is 0. The lowest BCUT2D eigenvalue weighted by Gasteiger charge is -2.32. The molecule has 1 aromatic carbocycles. The number of carbonyl (C=O) groups excluding carboxylic acids is 2. The summed E-state index contributed by atoms with van der Waals surface area (Å²) in [5.74, 6) is -1.22. The van der Waals surface area contributed by atoms with E-state index in [0.29, 0.717) is 5.69 Å². The van der Waals surface area contributed by atoms with E-state index in [1.54, 1.807) is 18.3 Å². The van der Waals surface area contributed by atoms with Crippen LogP contribution in [0, 0.1) is 0 Å². The van der Waals surface area contributed by atoms with Gasteiger partial charge in [-0.25, -0.2) is 0 Å². The zero-order chi connectivity index (χ0) is 17.5. The van der Waals surface area contributed by atoms with Gasteiger partial charge in [0.2, 0.25) is 0 Å². The molecule has 1 aliphatic rings. The van der Waals surface area contributed by atoms with Gasteiger partial charge >= 0.3 is 11.8 Å². The van der Waals surface area contributed by atoms with Gasteiger partial charge in [-0.15, -0.1) is 0 Å². The number of amides is 2. The molecule has 0 bridgehead atoms. The highest BCUT2D eigenvalue weighted by Gasteiger charge is 2.24. The zero-order valence-electron chi connectivity index (χ0n) is 14.0. The van der Waals surface area contributed by atoms with E-state index in [1.807, 2.05) is 36.5 Å². The Hall–Kier alpha value is -2.73. The van der Waals surface area contributed by atoms with Crippen LogP contribution in [0.4, 0.5) is 5.69 Å². The number of anilines is 1. The SMILES string of the molecule is O=C(Nc1ccccc1)C(=O)N[C@@H]1CCCN(Cc2cccnc2)C1. The Morgan fingerprint density at radius 2 is 1.96 bits per heavy atom. The molecule has 25 heavy (non-hydrogen) atoms. The van der Waals surface area contributed by atoms with E-state index in [1.165, 1.54) is 0 Å². The van der Waals surface area contributed by atoms with Crippen LogP contribution in [0.25, 0.3) is 0 Å².